The second-order valence-electron chi connectivity index (χ2n) is 5.76. The van der Waals surface area contributed by atoms with Gasteiger partial charge < -0.3 is 15.0 Å². The van der Waals surface area contributed by atoms with Gasteiger partial charge in [0.15, 0.2) is 0 Å². The van der Waals surface area contributed by atoms with Gasteiger partial charge in [0.2, 0.25) is 0 Å². The average molecular weight is 335 g/mol. The van der Waals surface area contributed by atoms with E-state index in [1.54, 1.807) is 11.0 Å². The van der Waals surface area contributed by atoms with Gasteiger partial charge in [-0.1, -0.05) is 13.0 Å². The molecule has 23 heavy (non-hydrogen) atoms. The van der Waals surface area contributed by atoms with Crippen LogP contribution in [0.3, 0.4) is 0 Å². The van der Waals surface area contributed by atoms with E-state index in [2.05, 4.69) is 19.2 Å². The molecule has 0 unspecified atom stereocenters. The minimum Gasteiger partial charge on any atom is -0.447 e. The number of rotatable bonds is 2. The van der Waals surface area contributed by atoms with E-state index in [0.717, 1.165) is 18.0 Å². The molecule has 0 aromatic heterocycles. The predicted molar refractivity (Wildman–Crippen MR) is 92.2 cm³/mol. The topological polar surface area (TPSA) is 61.9 Å². The van der Waals surface area contributed by atoms with Gasteiger partial charge in [0.1, 0.15) is 6.61 Å². The smallest absolute Gasteiger partial charge is 0.414 e. The van der Waals surface area contributed by atoms with Crippen LogP contribution in [0.4, 0.5) is 21.0 Å². The Bertz CT molecular complexity index is 610. The fourth-order valence-electron chi connectivity index (χ4n) is 2.79. The van der Waals surface area contributed by atoms with Gasteiger partial charge in [-0.15, -0.1) is 0 Å². The second kappa shape index (κ2) is 6.70. The van der Waals surface area contributed by atoms with Crippen molar-refractivity contribution in [2.24, 2.45) is 0 Å². The monoisotopic (exact) mass is 335 g/mol. The molecule has 1 aromatic carbocycles. The van der Waals surface area contributed by atoms with Crippen molar-refractivity contribution in [3.05, 3.63) is 24.3 Å². The molecule has 0 radical (unpaired) electrons. The number of carbonyl (C=O) groups is 2. The van der Waals surface area contributed by atoms with E-state index < -0.39 is 0 Å². The lowest BCUT2D eigenvalue weighted by atomic mass is 10.2. The van der Waals surface area contributed by atoms with E-state index in [4.69, 9.17) is 4.74 Å². The van der Waals surface area contributed by atoms with E-state index in [1.165, 1.54) is 0 Å². The Morgan fingerprint density at radius 3 is 2.91 bits per heavy atom. The number of nitrogens with one attached hydrogen (secondary N) is 1. The summed E-state index contributed by atoms with van der Waals surface area (Å²) in [6.07, 6.45) is -0.344. The van der Waals surface area contributed by atoms with E-state index in [0.29, 0.717) is 24.1 Å². The lowest BCUT2D eigenvalue weighted by molar-refractivity contribution is 0.181. The Hall–Kier alpha value is -1.89. The van der Waals surface area contributed by atoms with Crippen LogP contribution in [0.5, 0.6) is 0 Å². The number of hydrogen-bond donors (Lipinski definition) is 1. The maximum absolute atomic E-state index is 12.5. The number of cyclic esters (lactones) is 1. The summed E-state index contributed by atoms with van der Waals surface area (Å²) in [5, 5.41) is 3.37. The van der Waals surface area contributed by atoms with E-state index in [1.807, 2.05) is 34.9 Å². The zero-order valence-electron chi connectivity index (χ0n) is 13.3. The number of hydrogen-bond acceptors (Lipinski definition) is 4. The maximum atomic E-state index is 12.5. The van der Waals surface area contributed by atoms with Gasteiger partial charge in [0.25, 0.3) is 0 Å². The molecule has 1 aromatic rings. The van der Waals surface area contributed by atoms with Crippen molar-refractivity contribution in [2.75, 3.05) is 35.7 Å². The Balaban J connectivity index is 1.70. The summed E-state index contributed by atoms with van der Waals surface area (Å²) in [6, 6.07) is 7.41. The average Bonchev–Trinajstić information content (AvgIpc) is 2.96. The second-order valence-corrected chi connectivity index (χ2v) is 7.24. The Morgan fingerprint density at radius 1 is 1.35 bits per heavy atom. The number of anilines is 2. The first-order valence-corrected chi connectivity index (χ1v) is 8.85. The summed E-state index contributed by atoms with van der Waals surface area (Å²) in [5.74, 6) is 0.957. The molecule has 3 amide bonds. The van der Waals surface area contributed by atoms with Gasteiger partial charge in [-0.05, 0) is 25.1 Å². The van der Waals surface area contributed by atoms with Gasteiger partial charge in [0.05, 0.1) is 6.54 Å². The third-order valence-electron chi connectivity index (χ3n) is 4.31. The van der Waals surface area contributed by atoms with Crippen LogP contribution in [-0.4, -0.2) is 53.8 Å². The fraction of sp³-hybridized carbons (Fsp3) is 0.500. The van der Waals surface area contributed by atoms with Crippen LogP contribution in [0.25, 0.3) is 0 Å². The summed E-state index contributed by atoms with van der Waals surface area (Å²) < 4.78 is 4.95. The zero-order chi connectivity index (χ0) is 16.4. The van der Waals surface area contributed by atoms with Gasteiger partial charge >= 0.3 is 12.1 Å². The largest absolute Gasteiger partial charge is 0.447 e. The van der Waals surface area contributed by atoms with Crippen molar-refractivity contribution in [1.29, 1.82) is 0 Å². The highest BCUT2D eigenvalue weighted by Gasteiger charge is 2.29. The molecule has 7 heteroatoms. The zero-order valence-corrected chi connectivity index (χ0v) is 14.1. The van der Waals surface area contributed by atoms with Crippen molar-refractivity contribution < 1.29 is 14.3 Å². The molecule has 0 spiro atoms. The molecule has 6 nitrogen and oxygen atoms in total. The van der Waals surface area contributed by atoms with Crippen molar-refractivity contribution in [2.45, 2.75) is 25.1 Å². The number of amides is 3. The van der Waals surface area contributed by atoms with Gasteiger partial charge in [0, 0.05) is 35.0 Å². The minimum absolute atomic E-state index is 0.0919. The lowest BCUT2D eigenvalue weighted by Gasteiger charge is -2.37. The highest BCUT2D eigenvalue weighted by molar-refractivity contribution is 8.00. The number of carbonyl (C=O) groups excluding carboxylic acids is 2. The number of urea groups is 1. The highest BCUT2D eigenvalue weighted by Crippen LogP contribution is 2.26. The number of ether oxygens (including phenoxy) is 1. The Morgan fingerprint density at radius 2 is 2.17 bits per heavy atom. The summed E-state index contributed by atoms with van der Waals surface area (Å²) >= 11 is 1.89. The number of nitrogens with zero attached hydrogens (tertiary/aromatic N) is 2. The molecule has 2 atom stereocenters. The van der Waals surface area contributed by atoms with Crippen LogP contribution < -0.4 is 10.2 Å². The quantitative estimate of drug-likeness (QED) is 0.902. The highest BCUT2D eigenvalue weighted by atomic mass is 32.2. The number of benzene rings is 1. The molecule has 2 saturated heterocycles. The normalized spacial score (nSPS) is 24.5. The van der Waals surface area contributed by atoms with Crippen LogP contribution >= 0.6 is 11.8 Å². The third kappa shape index (κ3) is 3.39. The van der Waals surface area contributed by atoms with E-state index in [9.17, 15) is 9.59 Å². The van der Waals surface area contributed by atoms with Crippen LogP contribution in [-0.2, 0) is 4.74 Å². The molecule has 0 aliphatic carbocycles. The van der Waals surface area contributed by atoms with Crippen LogP contribution in [0, 0.1) is 0 Å². The van der Waals surface area contributed by atoms with Crippen molar-refractivity contribution in [3.8, 4) is 0 Å². The summed E-state index contributed by atoms with van der Waals surface area (Å²) in [4.78, 5) is 27.6. The molecule has 0 bridgehead atoms. The molecular weight excluding hydrogens is 314 g/mol. The lowest BCUT2D eigenvalue weighted by Crippen LogP contribution is -2.49. The van der Waals surface area contributed by atoms with E-state index in [-0.39, 0.29) is 18.2 Å². The van der Waals surface area contributed by atoms with Crippen LogP contribution in [0.1, 0.15) is 13.8 Å². The van der Waals surface area contributed by atoms with Crippen molar-refractivity contribution >= 4 is 35.3 Å². The third-order valence-corrected chi connectivity index (χ3v) is 5.65. The molecule has 2 fully saturated rings. The molecule has 3 rings (SSSR count). The maximum Gasteiger partial charge on any atom is 0.414 e. The fourth-order valence-corrected chi connectivity index (χ4v) is 3.89. The standard InChI is InChI=1S/C16H21N3O3S/c1-11-12(2)23-9-7-18(11)15(20)17-13-4-3-5-14(10-13)19-6-8-22-16(19)21/h3-5,10-12H,6-9H2,1-2H3,(H,17,20)/t11-,12-/m0/s1. The molecular formula is C16H21N3O3S. The van der Waals surface area contributed by atoms with Crippen molar-refractivity contribution in [3.63, 3.8) is 0 Å². The molecule has 2 heterocycles. The first kappa shape index (κ1) is 16.0. The van der Waals surface area contributed by atoms with Gasteiger partial charge in [-0.2, -0.15) is 11.8 Å². The minimum atomic E-state index is -0.344. The predicted octanol–water partition coefficient (Wildman–Crippen LogP) is 3.00. The Kier molecular flexibility index (Phi) is 4.66. The Labute approximate surface area is 140 Å². The first-order chi connectivity index (χ1) is 11.1. The summed E-state index contributed by atoms with van der Waals surface area (Å²) in [7, 11) is 0. The number of thioether (sulfide) groups is 1. The SMILES string of the molecule is C[C@@H]1SCCN(C(=O)Nc2cccc(N3CCOC3=O)c2)[C@H]1C. The van der Waals surface area contributed by atoms with E-state index >= 15 is 0 Å². The van der Waals surface area contributed by atoms with Gasteiger partial charge in [-0.25, -0.2) is 9.59 Å². The molecule has 1 N–H and O–H groups in total. The molecule has 124 valence electrons. The first-order valence-electron chi connectivity index (χ1n) is 7.80. The van der Waals surface area contributed by atoms with Crippen LogP contribution in [0.15, 0.2) is 24.3 Å². The summed E-state index contributed by atoms with van der Waals surface area (Å²) in [5.41, 5.74) is 1.42. The molecule has 2 aliphatic rings. The van der Waals surface area contributed by atoms with Crippen molar-refractivity contribution in [1.82, 2.24) is 4.90 Å². The van der Waals surface area contributed by atoms with Crippen LogP contribution in [0.2, 0.25) is 0 Å². The van der Waals surface area contributed by atoms with Gasteiger partial charge in [-0.3, -0.25) is 4.90 Å². The molecule has 2 aliphatic heterocycles. The molecule has 0 saturated carbocycles. The summed E-state index contributed by atoms with van der Waals surface area (Å²) in [6.45, 7) is 5.91.